The summed E-state index contributed by atoms with van der Waals surface area (Å²) in [4.78, 5) is 4.10. The molecule has 0 saturated heterocycles. The van der Waals surface area contributed by atoms with E-state index < -0.39 is 23.1 Å². The third-order valence-electron chi connectivity index (χ3n) is 4.00. The minimum Gasteiger partial charge on any atom is -0.440 e. The zero-order valence-corrected chi connectivity index (χ0v) is 12.9. The van der Waals surface area contributed by atoms with Gasteiger partial charge in [0.2, 0.25) is 5.89 Å². The fourth-order valence-corrected chi connectivity index (χ4v) is 2.65. The molecule has 1 saturated carbocycles. The van der Waals surface area contributed by atoms with Crippen molar-refractivity contribution in [3.63, 3.8) is 0 Å². The summed E-state index contributed by atoms with van der Waals surface area (Å²) in [6.07, 6.45) is -3.16. The van der Waals surface area contributed by atoms with Crippen LogP contribution in [-0.4, -0.2) is 20.4 Å². The molecule has 1 N–H and O–H groups in total. The summed E-state index contributed by atoms with van der Waals surface area (Å²) in [6.45, 7) is 0. The van der Waals surface area contributed by atoms with Crippen LogP contribution in [0.25, 0.3) is 22.8 Å². The van der Waals surface area contributed by atoms with Gasteiger partial charge in [0.25, 0.3) is 0 Å². The molecule has 132 valence electrons. The topological polar surface area (TPSA) is 91.4 Å². The van der Waals surface area contributed by atoms with E-state index in [4.69, 9.17) is 9.68 Å². The summed E-state index contributed by atoms with van der Waals surface area (Å²) in [5.41, 5.74) is -1.39. The van der Waals surface area contributed by atoms with Crippen LogP contribution in [0.1, 0.15) is 35.8 Å². The van der Waals surface area contributed by atoms with Crippen LogP contribution in [0.3, 0.4) is 0 Å². The van der Waals surface area contributed by atoms with Gasteiger partial charge in [-0.3, -0.25) is 0 Å². The van der Waals surface area contributed by atoms with E-state index in [2.05, 4.69) is 20.4 Å². The number of halogens is 4. The highest BCUT2D eigenvalue weighted by atomic mass is 19.4. The zero-order chi connectivity index (χ0) is 18.5. The Morgan fingerprint density at radius 1 is 1.19 bits per heavy atom. The largest absolute Gasteiger partial charge is 0.440 e. The molecule has 0 aliphatic heterocycles. The predicted molar refractivity (Wildman–Crippen MR) is 79.0 cm³/mol. The average Bonchev–Trinajstić information content (AvgIpc) is 3.16. The second-order valence-electron chi connectivity index (χ2n) is 5.83. The Labute approximate surface area is 143 Å². The first-order valence-electron chi connectivity index (χ1n) is 7.57. The van der Waals surface area contributed by atoms with Crippen molar-refractivity contribution in [2.24, 2.45) is 0 Å². The lowest BCUT2D eigenvalue weighted by atomic mass is 10.1. The molecule has 26 heavy (non-hydrogen) atoms. The number of nitriles is 1. The highest BCUT2D eigenvalue weighted by molar-refractivity contribution is 5.68. The maximum absolute atomic E-state index is 13.6. The van der Waals surface area contributed by atoms with Crippen molar-refractivity contribution >= 4 is 0 Å². The Bertz CT molecular complexity index is 1030. The summed E-state index contributed by atoms with van der Waals surface area (Å²) < 4.78 is 59.0. The van der Waals surface area contributed by atoms with E-state index in [9.17, 15) is 17.6 Å². The number of oxazole rings is 1. The van der Waals surface area contributed by atoms with Gasteiger partial charge in [-0.25, -0.2) is 9.37 Å². The quantitative estimate of drug-likeness (QED) is 0.709. The molecular formula is C16H9F4N5O. The Morgan fingerprint density at radius 2 is 1.96 bits per heavy atom. The van der Waals surface area contributed by atoms with E-state index in [0.717, 1.165) is 25.0 Å². The molecular weight excluding hydrogens is 354 g/mol. The summed E-state index contributed by atoms with van der Waals surface area (Å²) in [6, 6.07) is 3.92. The predicted octanol–water partition coefficient (Wildman–Crippen LogP) is 4.03. The first-order valence-corrected chi connectivity index (χ1v) is 7.57. The number of rotatable bonds is 3. The molecule has 0 unspecified atom stereocenters. The number of benzene rings is 1. The standard InChI is InChI=1S/C16H9F4N5O/c17-8-3-4-10(16(18,19)20)9(5-8)15-22-13(14(26-15)7-1-2-7)12-11(6-21)23-25-24-12/h3-5,7H,1-2H2,(H,23,24,25). The number of alkyl halides is 3. The number of nitrogens with one attached hydrogen (secondary N) is 1. The number of H-pyrrole nitrogens is 1. The summed E-state index contributed by atoms with van der Waals surface area (Å²) in [7, 11) is 0. The van der Waals surface area contributed by atoms with E-state index >= 15 is 0 Å². The summed E-state index contributed by atoms with van der Waals surface area (Å²) in [5.74, 6) is -0.930. The molecule has 1 aliphatic carbocycles. The monoisotopic (exact) mass is 363 g/mol. The Kier molecular flexibility index (Phi) is 3.54. The molecule has 6 nitrogen and oxygen atoms in total. The maximum Gasteiger partial charge on any atom is 0.417 e. The smallest absolute Gasteiger partial charge is 0.417 e. The Balaban J connectivity index is 1.92. The van der Waals surface area contributed by atoms with Crippen LogP contribution in [0.15, 0.2) is 22.6 Å². The van der Waals surface area contributed by atoms with Gasteiger partial charge in [0.1, 0.15) is 23.3 Å². The van der Waals surface area contributed by atoms with Crippen molar-refractivity contribution in [1.82, 2.24) is 20.4 Å². The van der Waals surface area contributed by atoms with Crippen LogP contribution < -0.4 is 0 Å². The fourth-order valence-electron chi connectivity index (χ4n) is 2.65. The number of hydrogen-bond donors (Lipinski definition) is 1. The fraction of sp³-hybridized carbons (Fsp3) is 0.250. The molecule has 0 amide bonds. The summed E-state index contributed by atoms with van der Waals surface area (Å²) in [5, 5.41) is 18.9. The van der Waals surface area contributed by atoms with Gasteiger partial charge in [0, 0.05) is 5.92 Å². The van der Waals surface area contributed by atoms with Gasteiger partial charge in [-0.15, -0.1) is 5.10 Å². The number of nitrogens with zero attached hydrogens (tertiary/aromatic N) is 4. The van der Waals surface area contributed by atoms with Crippen LogP contribution in [-0.2, 0) is 6.18 Å². The molecule has 1 fully saturated rings. The van der Waals surface area contributed by atoms with Crippen molar-refractivity contribution in [2.75, 3.05) is 0 Å². The second-order valence-corrected chi connectivity index (χ2v) is 5.83. The van der Waals surface area contributed by atoms with Gasteiger partial charge in [-0.05, 0) is 31.0 Å². The molecule has 2 aromatic heterocycles. The average molecular weight is 363 g/mol. The molecule has 2 heterocycles. The minimum atomic E-state index is -4.71. The van der Waals surface area contributed by atoms with Gasteiger partial charge in [-0.1, -0.05) is 0 Å². The van der Waals surface area contributed by atoms with Gasteiger partial charge in [-0.2, -0.15) is 28.7 Å². The molecule has 1 aliphatic rings. The van der Waals surface area contributed by atoms with Crippen molar-refractivity contribution in [3.8, 4) is 28.9 Å². The molecule has 3 aromatic rings. The van der Waals surface area contributed by atoms with Crippen LogP contribution in [0, 0.1) is 17.1 Å². The van der Waals surface area contributed by atoms with Crippen molar-refractivity contribution in [3.05, 3.63) is 41.0 Å². The van der Waals surface area contributed by atoms with Crippen molar-refractivity contribution in [2.45, 2.75) is 24.9 Å². The van der Waals surface area contributed by atoms with E-state index in [1.165, 1.54) is 0 Å². The van der Waals surface area contributed by atoms with Crippen molar-refractivity contribution < 1.29 is 22.0 Å². The van der Waals surface area contributed by atoms with Crippen LogP contribution >= 0.6 is 0 Å². The van der Waals surface area contributed by atoms with Crippen LogP contribution in [0.2, 0.25) is 0 Å². The summed E-state index contributed by atoms with van der Waals surface area (Å²) >= 11 is 0. The normalized spacial score (nSPS) is 14.4. The molecule has 4 rings (SSSR count). The van der Waals surface area contributed by atoms with Gasteiger partial charge < -0.3 is 4.42 Å². The molecule has 0 radical (unpaired) electrons. The van der Waals surface area contributed by atoms with Crippen LogP contribution in [0.4, 0.5) is 17.6 Å². The SMILES string of the molecule is N#Cc1n[nH]nc1-c1nc(-c2cc(F)ccc2C(F)(F)F)oc1C1CC1. The molecule has 0 spiro atoms. The highest BCUT2D eigenvalue weighted by Gasteiger charge is 2.38. The van der Waals surface area contributed by atoms with E-state index in [-0.39, 0.29) is 28.9 Å². The second kappa shape index (κ2) is 5.66. The van der Waals surface area contributed by atoms with E-state index in [1.807, 2.05) is 6.07 Å². The Hall–Kier alpha value is -3.22. The molecule has 0 atom stereocenters. The van der Waals surface area contributed by atoms with Gasteiger partial charge in [0.15, 0.2) is 11.4 Å². The van der Waals surface area contributed by atoms with E-state index in [0.29, 0.717) is 11.8 Å². The lowest BCUT2D eigenvalue weighted by Crippen LogP contribution is -2.07. The van der Waals surface area contributed by atoms with Gasteiger partial charge >= 0.3 is 6.18 Å². The number of aromatic nitrogens is 4. The van der Waals surface area contributed by atoms with Crippen LogP contribution in [0.5, 0.6) is 0 Å². The number of aromatic amines is 1. The molecule has 1 aromatic carbocycles. The minimum absolute atomic E-state index is 0.0302. The molecule has 10 heteroatoms. The Morgan fingerprint density at radius 3 is 2.62 bits per heavy atom. The lowest BCUT2D eigenvalue weighted by Gasteiger charge is -2.10. The van der Waals surface area contributed by atoms with E-state index in [1.54, 1.807) is 0 Å². The third-order valence-corrected chi connectivity index (χ3v) is 4.00. The molecule has 0 bridgehead atoms. The maximum atomic E-state index is 13.6. The first kappa shape index (κ1) is 16.3. The zero-order valence-electron chi connectivity index (χ0n) is 12.9. The van der Waals surface area contributed by atoms with Gasteiger partial charge in [0.05, 0.1) is 11.1 Å². The lowest BCUT2D eigenvalue weighted by molar-refractivity contribution is -0.137. The first-order chi connectivity index (χ1) is 12.4. The number of hydrogen-bond acceptors (Lipinski definition) is 5. The third kappa shape index (κ3) is 2.71. The highest BCUT2D eigenvalue weighted by Crippen LogP contribution is 2.47. The van der Waals surface area contributed by atoms with Crippen molar-refractivity contribution in [1.29, 1.82) is 5.26 Å².